The monoisotopic (exact) mass is 304 g/mol. The van der Waals surface area contributed by atoms with Gasteiger partial charge < -0.3 is 20.1 Å². The summed E-state index contributed by atoms with van der Waals surface area (Å²) in [5.41, 5.74) is 0.0628. The molecular weight excluding hydrogens is 280 g/mol. The van der Waals surface area contributed by atoms with Crippen LogP contribution in [0.1, 0.15) is 26.7 Å². The lowest BCUT2D eigenvalue weighted by Crippen LogP contribution is -2.67. The largest absolute Gasteiger partial charge is 0.378 e. The number of fused-ring (bicyclic) bond motifs is 1. The second kappa shape index (κ2) is 6.18. The maximum absolute atomic E-state index is 12.1. The first-order chi connectivity index (χ1) is 9.09. The summed E-state index contributed by atoms with van der Waals surface area (Å²) < 4.78 is 11.1. The van der Waals surface area contributed by atoms with Gasteiger partial charge in [-0.3, -0.25) is 4.79 Å². The average molecular weight is 305 g/mol. The molecule has 2 heterocycles. The molecule has 1 amide bonds. The quantitative estimate of drug-likeness (QED) is 0.806. The van der Waals surface area contributed by atoms with E-state index in [1.165, 1.54) is 0 Å². The molecule has 20 heavy (non-hydrogen) atoms. The lowest BCUT2D eigenvalue weighted by Gasteiger charge is -2.54. The highest BCUT2D eigenvalue weighted by molar-refractivity contribution is 5.85. The first-order valence-corrected chi connectivity index (χ1v) is 7.31. The van der Waals surface area contributed by atoms with Crippen LogP contribution >= 0.6 is 12.4 Å². The summed E-state index contributed by atoms with van der Waals surface area (Å²) in [6, 6.07) is 0.421. The molecule has 5 nitrogen and oxygen atoms in total. The summed E-state index contributed by atoms with van der Waals surface area (Å²) in [6.07, 6.45) is 1.91. The van der Waals surface area contributed by atoms with Crippen LogP contribution in [0, 0.1) is 11.3 Å². The summed E-state index contributed by atoms with van der Waals surface area (Å²) in [4.78, 5) is 12.1. The van der Waals surface area contributed by atoms with Gasteiger partial charge in [-0.25, -0.2) is 0 Å². The van der Waals surface area contributed by atoms with E-state index in [0.717, 1.165) is 26.2 Å². The van der Waals surface area contributed by atoms with Crippen LogP contribution in [-0.2, 0) is 14.3 Å². The fourth-order valence-corrected chi connectivity index (χ4v) is 3.82. The van der Waals surface area contributed by atoms with E-state index in [4.69, 9.17) is 9.47 Å². The SMILES string of the molecule is CC1(C)C(NC(=O)CC2COCCN2)C2CCOC21.Cl. The summed E-state index contributed by atoms with van der Waals surface area (Å²) in [6.45, 7) is 7.43. The Balaban J connectivity index is 0.00000147. The molecular formula is C14H25ClN2O3. The van der Waals surface area contributed by atoms with Crippen molar-refractivity contribution in [3.63, 3.8) is 0 Å². The van der Waals surface area contributed by atoms with Gasteiger partial charge in [-0.1, -0.05) is 13.8 Å². The Kier molecular flexibility index (Phi) is 4.95. The van der Waals surface area contributed by atoms with Crippen molar-refractivity contribution in [1.29, 1.82) is 0 Å². The van der Waals surface area contributed by atoms with Crippen molar-refractivity contribution in [2.24, 2.45) is 11.3 Å². The van der Waals surface area contributed by atoms with Gasteiger partial charge in [0.2, 0.25) is 5.91 Å². The van der Waals surface area contributed by atoms with E-state index >= 15 is 0 Å². The molecule has 1 aliphatic carbocycles. The number of hydrogen-bond donors (Lipinski definition) is 2. The molecule has 0 aromatic heterocycles. The van der Waals surface area contributed by atoms with Crippen molar-refractivity contribution in [1.82, 2.24) is 10.6 Å². The Hall–Kier alpha value is -0.360. The van der Waals surface area contributed by atoms with Gasteiger partial charge >= 0.3 is 0 Å². The molecule has 116 valence electrons. The minimum Gasteiger partial charge on any atom is -0.378 e. The Morgan fingerprint density at radius 1 is 1.40 bits per heavy atom. The normalized spacial score (nSPS) is 38.3. The highest BCUT2D eigenvalue weighted by Crippen LogP contribution is 2.52. The second-order valence-corrected chi connectivity index (χ2v) is 6.54. The fraction of sp³-hybridized carbons (Fsp3) is 0.929. The van der Waals surface area contributed by atoms with Crippen LogP contribution in [0.2, 0.25) is 0 Å². The lowest BCUT2D eigenvalue weighted by molar-refractivity contribution is -0.138. The molecule has 2 saturated heterocycles. The molecule has 4 unspecified atom stereocenters. The summed E-state index contributed by atoms with van der Waals surface area (Å²) >= 11 is 0. The van der Waals surface area contributed by atoms with Crippen molar-refractivity contribution < 1.29 is 14.3 Å². The van der Waals surface area contributed by atoms with Crippen LogP contribution in [0.4, 0.5) is 0 Å². The number of halogens is 1. The summed E-state index contributed by atoms with van der Waals surface area (Å²) in [7, 11) is 0. The number of rotatable bonds is 3. The van der Waals surface area contributed by atoms with Crippen LogP contribution in [0.3, 0.4) is 0 Å². The zero-order valence-electron chi connectivity index (χ0n) is 12.2. The number of carbonyl (C=O) groups is 1. The number of ether oxygens (including phenoxy) is 2. The molecule has 0 bridgehead atoms. The Labute approximate surface area is 126 Å². The van der Waals surface area contributed by atoms with Crippen molar-refractivity contribution in [2.75, 3.05) is 26.4 Å². The van der Waals surface area contributed by atoms with E-state index in [-0.39, 0.29) is 35.8 Å². The van der Waals surface area contributed by atoms with Gasteiger partial charge in [-0.05, 0) is 6.42 Å². The molecule has 4 atom stereocenters. The molecule has 2 N–H and O–H groups in total. The van der Waals surface area contributed by atoms with Gasteiger partial charge in [0.05, 0.1) is 19.3 Å². The predicted octanol–water partition coefficient (Wildman–Crippen LogP) is 0.716. The molecule has 3 aliphatic rings. The molecule has 3 fully saturated rings. The third-order valence-electron chi connectivity index (χ3n) is 4.85. The smallest absolute Gasteiger partial charge is 0.221 e. The summed E-state index contributed by atoms with van der Waals surface area (Å²) in [5.74, 6) is 0.640. The molecule has 0 aromatic rings. The van der Waals surface area contributed by atoms with Crippen LogP contribution in [0.15, 0.2) is 0 Å². The van der Waals surface area contributed by atoms with E-state index in [9.17, 15) is 4.79 Å². The minimum absolute atomic E-state index is 0. The first-order valence-electron chi connectivity index (χ1n) is 7.31. The van der Waals surface area contributed by atoms with Gasteiger partial charge in [-0.15, -0.1) is 12.4 Å². The fourth-order valence-electron chi connectivity index (χ4n) is 3.82. The highest BCUT2D eigenvalue weighted by Gasteiger charge is 2.59. The third kappa shape index (κ3) is 2.82. The lowest BCUT2D eigenvalue weighted by atomic mass is 9.57. The van der Waals surface area contributed by atoms with E-state index in [1.807, 2.05) is 0 Å². The Morgan fingerprint density at radius 2 is 2.20 bits per heavy atom. The topological polar surface area (TPSA) is 59.6 Å². The van der Waals surface area contributed by atoms with Gasteiger partial charge in [-0.2, -0.15) is 0 Å². The molecule has 0 radical (unpaired) electrons. The maximum Gasteiger partial charge on any atom is 0.221 e. The van der Waals surface area contributed by atoms with Crippen LogP contribution < -0.4 is 10.6 Å². The molecule has 1 saturated carbocycles. The average Bonchev–Trinajstić information content (AvgIpc) is 2.84. The van der Waals surface area contributed by atoms with E-state index < -0.39 is 0 Å². The van der Waals surface area contributed by atoms with Crippen LogP contribution in [0.25, 0.3) is 0 Å². The number of amides is 1. The zero-order valence-corrected chi connectivity index (χ0v) is 13.0. The zero-order chi connectivity index (χ0) is 13.5. The number of hydrogen-bond acceptors (Lipinski definition) is 4. The Morgan fingerprint density at radius 3 is 2.90 bits per heavy atom. The second-order valence-electron chi connectivity index (χ2n) is 6.54. The van der Waals surface area contributed by atoms with Crippen molar-refractivity contribution in [3.05, 3.63) is 0 Å². The van der Waals surface area contributed by atoms with Crippen molar-refractivity contribution >= 4 is 18.3 Å². The van der Waals surface area contributed by atoms with Crippen LogP contribution in [0.5, 0.6) is 0 Å². The van der Waals surface area contributed by atoms with Crippen LogP contribution in [-0.4, -0.2) is 50.5 Å². The minimum atomic E-state index is 0. The molecule has 6 heteroatoms. The van der Waals surface area contributed by atoms with E-state index in [1.54, 1.807) is 0 Å². The number of morpholine rings is 1. The highest BCUT2D eigenvalue weighted by atomic mass is 35.5. The van der Waals surface area contributed by atoms with Gasteiger partial charge in [0.15, 0.2) is 0 Å². The molecule has 3 rings (SSSR count). The summed E-state index contributed by atoms with van der Waals surface area (Å²) in [5, 5.41) is 6.53. The maximum atomic E-state index is 12.1. The van der Waals surface area contributed by atoms with Gasteiger partial charge in [0.25, 0.3) is 0 Å². The standard InChI is InChI=1S/C14H24N2O3.ClH/c1-14(2)12(10-3-5-19-13(10)14)16-11(17)7-9-8-18-6-4-15-9;/h9-10,12-13,15H,3-8H2,1-2H3,(H,16,17);1H. The molecule has 0 aromatic carbocycles. The molecule has 0 spiro atoms. The van der Waals surface area contributed by atoms with E-state index in [0.29, 0.717) is 25.0 Å². The van der Waals surface area contributed by atoms with Crippen molar-refractivity contribution in [3.8, 4) is 0 Å². The molecule has 2 aliphatic heterocycles. The predicted molar refractivity (Wildman–Crippen MR) is 78.0 cm³/mol. The van der Waals surface area contributed by atoms with Gasteiger partial charge in [0, 0.05) is 43.0 Å². The Bertz CT molecular complexity index is 358. The number of nitrogens with one attached hydrogen (secondary N) is 2. The van der Waals surface area contributed by atoms with E-state index in [2.05, 4.69) is 24.5 Å². The van der Waals surface area contributed by atoms with Gasteiger partial charge in [0.1, 0.15) is 0 Å². The number of carbonyl (C=O) groups excluding carboxylic acids is 1. The third-order valence-corrected chi connectivity index (χ3v) is 4.85. The first kappa shape index (κ1) is 16.0. The van der Waals surface area contributed by atoms with Crippen molar-refractivity contribution in [2.45, 2.75) is 44.9 Å².